The largest absolute Gasteiger partial charge is 1.00 e. The molecule has 1 unspecified atom stereocenters. The van der Waals surface area contributed by atoms with Crippen molar-refractivity contribution < 1.29 is 48.4 Å². The molecule has 0 aliphatic rings. The van der Waals surface area contributed by atoms with Gasteiger partial charge in [-0.1, -0.05) is 71.1 Å². The second-order valence-electron chi connectivity index (χ2n) is 6.28. The normalized spacial score (nSPS) is 12.5. The van der Waals surface area contributed by atoms with E-state index in [-0.39, 0.29) is 43.9 Å². The van der Waals surface area contributed by atoms with Crippen LogP contribution >= 0.6 is 0 Å². The molecule has 0 aromatic carbocycles. The second-order valence-corrected chi connectivity index (χ2v) is 8.24. The van der Waals surface area contributed by atoms with Gasteiger partial charge in [-0.25, -0.2) is 0 Å². The van der Waals surface area contributed by atoms with E-state index in [2.05, 4.69) is 11.1 Å². The van der Waals surface area contributed by atoms with Crippen LogP contribution in [-0.4, -0.2) is 26.2 Å². The molecular weight excluding hydrogens is 337 g/mol. The Kier molecular flexibility index (Phi) is 18.7. The van der Waals surface area contributed by atoms with Crippen molar-refractivity contribution in [3.05, 3.63) is 0 Å². The molecule has 0 amide bonds. The van der Waals surface area contributed by atoms with Crippen molar-refractivity contribution in [2.75, 3.05) is 6.54 Å². The minimum Gasteiger partial charge on any atom is -1.00 e. The summed E-state index contributed by atoms with van der Waals surface area (Å²) in [5.74, 6) is -0.666. The third kappa shape index (κ3) is 14.7. The van der Waals surface area contributed by atoms with Gasteiger partial charge in [-0.2, -0.15) is 8.42 Å². The molecule has 0 fully saturated rings. The standard InChI is InChI=1S/C17H35NO4S.Na.H/c1-3-4-5-6-7-8-9-10-11-12-13-14-17(19)22-23(20,21)16(2)15-18;;/h16H,3-15,18H2,1-2H3;;/q;+1;-1. The summed E-state index contributed by atoms with van der Waals surface area (Å²) in [6, 6.07) is 0. The van der Waals surface area contributed by atoms with Crippen LogP contribution in [0.15, 0.2) is 0 Å². The average molecular weight is 374 g/mol. The molecule has 1 atom stereocenters. The van der Waals surface area contributed by atoms with Crippen LogP contribution in [0.2, 0.25) is 0 Å². The van der Waals surface area contributed by atoms with Gasteiger partial charge in [0.2, 0.25) is 0 Å². The third-order valence-corrected chi connectivity index (χ3v) is 5.61. The van der Waals surface area contributed by atoms with Crippen molar-refractivity contribution >= 4 is 16.1 Å². The maximum atomic E-state index is 11.6. The van der Waals surface area contributed by atoms with Gasteiger partial charge in [0.15, 0.2) is 0 Å². The fourth-order valence-electron chi connectivity index (χ4n) is 2.30. The van der Waals surface area contributed by atoms with Crippen molar-refractivity contribution in [2.45, 2.75) is 96.1 Å². The van der Waals surface area contributed by atoms with E-state index in [4.69, 9.17) is 5.73 Å². The molecule has 140 valence electrons. The van der Waals surface area contributed by atoms with E-state index in [0.717, 1.165) is 12.8 Å². The Morgan fingerprint density at radius 3 is 1.79 bits per heavy atom. The summed E-state index contributed by atoms with van der Waals surface area (Å²) < 4.78 is 27.6. The van der Waals surface area contributed by atoms with E-state index in [1.165, 1.54) is 58.3 Å². The van der Waals surface area contributed by atoms with E-state index in [9.17, 15) is 13.2 Å². The van der Waals surface area contributed by atoms with Gasteiger partial charge in [0.25, 0.3) is 0 Å². The smallest absolute Gasteiger partial charge is 1.00 e. The van der Waals surface area contributed by atoms with Crippen LogP contribution in [0.5, 0.6) is 0 Å². The Hall–Kier alpha value is 0.380. The van der Waals surface area contributed by atoms with Gasteiger partial charge in [-0.3, -0.25) is 4.79 Å². The zero-order valence-corrected chi connectivity index (χ0v) is 18.7. The molecular formula is C17H36NNaO4S. The average Bonchev–Trinajstić information content (AvgIpc) is 2.51. The predicted molar refractivity (Wildman–Crippen MR) is 95.7 cm³/mol. The maximum Gasteiger partial charge on any atom is 1.00 e. The Balaban J connectivity index is -0.00000242. The summed E-state index contributed by atoms with van der Waals surface area (Å²) in [5.41, 5.74) is 5.28. The maximum absolute atomic E-state index is 11.6. The summed E-state index contributed by atoms with van der Waals surface area (Å²) in [5, 5.41) is -0.844. The Labute approximate surface area is 172 Å². The fourth-order valence-corrected chi connectivity index (χ4v) is 3.05. The molecule has 7 heteroatoms. The number of nitrogens with two attached hydrogens (primary N) is 1. The van der Waals surface area contributed by atoms with E-state index >= 15 is 0 Å². The Morgan fingerprint density at radius 2 is 1.38 bits per heavy atom. The number of hydrogen-bond donors (Lipinski definition) is 1. The van der Waals surface area contributed by atoms with Gasteiger partial charge < -0.3 is 11.3 Å². The van der Waals surface area contributed by atoms with Gasteiger partial charge in [-0.05, 0) is 13.3 Å². The molecule has 0 saturated carbocycles. The number of unbranched alkanes of at least 4 members (excludes halogenated alkanes) is 10. The van der Waals surface area contributed by atoms with Gasteiger partial charge in [0, 0.05) is 13.0 Å². The minimum atomic E-state index is -3.85. The molecule has 2 N–H and O–H groups in total. The Bertz CT molecular complexity index is 407. The van der Waals surface area contributed by atoms with Crippen molar-refractivity contribution in [3.63, 3.8) is 0 Å². The second kappa shape index (κ2) is 16.8. The van der Waals surface area contributed by atoms with Crippen LogP contribution in [0.1, 0.15) is 92.3 Å². The summed E-state index contributed by atoms with van der Waals surface area (Å²) in [6.45, 7) is 3.61. The molecule has 0 aliphatic carbocycles. The van der Waals surface area contributed by atoms with Crippen LogP contribution in [0.3, 0.4) is 0 Å². The minimum absolute atomic E-state index is 0. The Morgan fingerprint density at radius 1 is 0.958 bits per heavy atom. The van der Waals surface area contributed by atoms with Crippen LogP contribution in [0, 0.1) is 0 Å². The molecule has 0 rings (SSSR count). The van der Waals surface area contributed by atoms with Crippen molar-refractivity contribution in [2.24, 2.45) is 5.73 Å². The van der Waals surface area contributed by atoms with E-state index in [0.29, 0.717) is 6.42 Å². The molecule has 0 radical (unpaired) electrons. The van der Waals surface area contributed by atoms with Crippen LogP contribution in [0.4, 0.5) is 0 Å². The monoisotopic (exact) mass is 373 g/mol. The zero-order chi connectivity index (χ0) is 17.6. The first-order valence-corrected chi connectivity index (χ1v) is 10.6. The van der Waals surface area contributed by atoms with Gasteiger partial charge in [0.05, 0.1) is 0 Å². The molecule has 0 aromatic rings. The molecule has 0 bridgehead atoms. The van der Waals surface area contributed by atoms with Crippen molar-refractivity contribution in [1.29, 1.82) is 0 Å². The van der Waals surface area contributed by atoms with Crippen LogP contribution < -0.4 is 35.3 Å². The quantitative estimate of drug-likeness (QED) is 0.263. The number of hydrogen-bond acceptors (Lipinski definition) is 5. The first kappa shape index (κ1) is 26.6. The van der Waals surface area contributed by atoms with Gasteiger partial charge >= 0.3 is 45.6 Å². The molecule has 5 nitrogen and oxygen atoms in total. The van der Waals surface area contributed by atoms with Crippen molar-refractivity contribution in [3.8, 4) is 0 Å². The zero-order valence-electron chi connectivity index (χ0n) is 16.9. The summed E-state index contributed by atoms with van der Waals surface area (Å²) >= 11 is 0. The van der Waals surface area contributed by atoms with Crippen molar-refractivity contribution in [1.82, 2.24) is 0 Å². The molecule has 0 saturated heterocycles. The predicted octanol–water partition coefficient (Wildman–Crippen LogP) is 1.02. The van der Waals surface area contributed by atoms with Gasteiger partial charge in [-0.15, -0.1) is 0 Å². The topological polar surface area (TPSA) is 86.5 Å². The van der Waals surface area contributed by atoms with E-state index in [1.807, 2.05) is 0 Å². The fraction of sp³-hybridized carbons (Fsp3) is 0.941. The first-order valence-electron chi connectivity index (χ1n) is 9.10. The summed E-state index contributed by atoms with van der Waals surface area (Å²) in [6.07, 6.45) is 13.3. The number of carbonyl (C=O) groups is 1. The van der Waals surface area contributed by atoms with Gasteiger partial charge in [0.1, 0.15) is 5.25 Å². The number of rotatable bonds is 15. The molecule has 0 aromatic heterocycles. The van der Waals surface area contributed by atoms with Crippen LogP contribution in [0.25, 0.3) is 0 Å². The number of carbonyl (C=O) groups excluding carboxylic acids is 1. The van der Waals surface area contributed by atoms with E-state index in [1.54, 1.807) is 0 Å². The SMILES string of the molecule is CCCCCCCCCCCCCC(=O)OS(=O)(=O)C(C)CN.[H-].[Na+]. The summed E-state index contributed by atoms with van der Waals surface area (Å²) in [4.78, 5) is 11.5. The summed E-state index contributed by atoms with van der Waals surface area (Å²) in [7, 11) is -3.85. The van der Waals surface area contributed by atoms with Crippen LogP contribution in [-0.2, 0) is 19.1 Å². The molecule has 0 heterocycles. The van der Waals surface area contributed by atoms with E-state index < -0.39 is 21.3 Å². The first-order chi connectivity index (χ1) is 10.9. The third-order valence-electron chi connectivity index (χ3n) is 4.02. The molecule has 24 heavy (non-hydrogen) atoms. The molecule has 0 aliphatic heterocycles. The molecule has 0 spiro atoms.